The summed E-state index contributed by atoms with van der Waals surface area (Å²) < 4.78 is 5.74. The van der Waals surface area contributed by atoms with Crippen LogP contribution in [0.4, 0.5) is 0 Å². The molecule has 0 spiro atoms. The average Bonchev–Trinajstić information content (AvgIpc) is 2.45. The molecular formula is C18H24N2O. The zero-order valence-electron chi connectivity index (χ0n) is 13.3. The molecular weight excluding hydrogens is 260 g/mol. The van der Waals surface area contributed by atoms with Crippen molar-refractivity contribution in [3.63, 3.8) is 0 Å². The molecule has 0 saturated heterocycles. The van der Waals surface area contributed by atoms with Gasteiger partial charge in [0.2, 0.25) is 5.88 Å². The molecule has 0 bridgehead atoms. The van der Waals surface area contributed by atoms with Gasteiger partial charge in [0.15, 0.2) is 0 Å². The molecule has 1 aromatic heterocycles. The lowest BCUT2D eigenvalue weighted by atomic mass is 10.1. The van der Waals surface area contributed by atoms with Crippen molar-refractivity contribution in [3.8, 4) is 5.88 Å². The lowest BCUT2D eigenvalue weighted by Gasteiger charge is -2.21. The van der Waals surface area contributed by atoms with E-state index >= 15 is 0 Å². The molecule has 0 saturated carbocycles. The van der Waals surface area contributed by atoms with Crippen LogP contribution in [0.1, 0.15) is 33.3 Å². The molecule has 0 aliphatic carbocycles. The molecule has 1 aromatic carbocycles. The van der Waals surface area contributed by atoms with Gasteiger partial charge in [-0.1, -0.05) is 30.4 Å². The maximum atomic E-state index is 5.74. The predicted octanol–water partition coefficient (Wildman–Crippen LogP) is 4.08. The second-order valence-electron chi connectivity index (χ2n) is 6.12. The zero-order chi connectivity index (χ0) is 15.3. The maximum absolute atomic E-state index is 5.74. The Morgan fingerprint density at radius 3 is 2.57 bits per heavy atom. The molecule has 1 heterocycles. The molecule has 0 aliphatic rings. The standard InChI is InChI=1S/C18H24N2O/c1-5-6-11-21-17-16-10-8-7-9-15(16)14(12-19-17)13-20-18(2,3)4/h5-10,12,20H,11,13H2,1-4H3/b6-5+. The third kappa shape index (κ3) is 4.30. The van der Waals surface area contributed by atoms with Gasteiger partial charge in [-0.15, -0.1) is 0 Å². The summed E-state index contributed by atoms with van der Waals surface area (Å²) in [6, 6.07) is 8.26. The molecule has 0 fully saturated rings. The Balaban J connectivity index is 2.30. The largest absolute Gasteiger partial charge is 0.473 e. The van der Waals surface area contributed by atoms with Gasteiger partial charge in [0.1, 0.15) is 6.61 Å². The topological polar surface area (TPSA) is 34.1 Å². The minimum absolute atomic E-state index is 0.0855. The van der Waals surface area contributed by atoms with Crippen LogP contribution in [0.2, 0.25) is 0 Å². The molecule has 3 nitrogen and oxygen atoms in total. The highest BCUT2D eigenvalue weighted by Crippen LogP contribution is 2.26. The van der Waals surface area contributed by atoms with E-state index in [1.807, 2.05) is 31.3 Å². The molecule has 0 atom stereocenters. The fraction of sp³-hybridized carbons (Fsp3) is 0.389. The molecule has 1 N–H and O–H groups in total. The third-order valence-corrected chi connectivity index (χ3v) is 3.20. The van der Waals surface area contributed by atoms with E-state index in [4.69, 9.17) is 4.74 Å². The van der Waals surface area contributed by atoms with E-state index in [-0.39, 0.29) is 5.54 Å². The Labute approximate surface area is 127 Å². The van der Waals surface area contributed by atoms with Crippen LogP contribution in [-0.4, -0.2) is 17.1 Å². The Kier molecular flexibility index (Phi) is 4.97. The van der Waals surface area contributed by atoms with Crippen LogP contribution >= 0.6 is 0 Å². The highest BCUT2D eigenvalue weighted by molar-refractivity contribution is 5.89. The van der Waals surface area contributed by atoms with Gasteiger partial charge in [-0.3, -0.25) is 0 Å². The number of rotatable bonds is 5. The number of fused-ring (bicyclic) bond motifs is 1. The Hall–Kier alpha value is -1.87. The SMILES string of the molecule is C/C=C/COc1ncc(CNC(C)(C)C)c2ccccc12. The van der Waals surface area contributed by atoms with Crippen LogP contribution in [0.3, 0.4) is 0 Å². The first-order valence-electron chi connectivity index (χ1n) is 7.37. The quantitative estimate of drug-likeness (QED) is 0.840. The number of ether oxygens (including phenoxy) is 1. The molecule has 3 heteroatoms. The van der Waals surface area contributed by atoms with Crippen LogP contribution < -0.4 is 10.1 Å². The second kappa shape index (κ2) is 6.72. The normalized spacial score (nSPS) is 12.2. The Morgan fingerprint density at radius 1 is 1.19 bits per heavy atom. The minimum Gasteiger partial charge on any atom is -0.473 e. The van der Waals surface area contributed by atoms with Crippen molar-refractivity contribution in [3.05, 3.63) is 48.2 Å². The van der Waals surface area contributed by atoms with E-state index < -0.39 is 0 Å². The summed E-state index contributed by atoms with van der Waals surface area (Å²) in [5.74, 6) is 0.697. The van der Waals surface area contributed by atoms with Gasteiger partial charge >= 0.3 is 0 Å². The molecule has 2 aromatic rings. The Bertz CT molecular complexity index is 627. The number of benzene rings is 1. The molecule has 21 heavy (non-hydrogen) atoms. The summed E-state index contributed by atoms with van der Waals surface area (Å²) >= 11 is 0. The molecule has 2 rings (SSSR count). The second-order valence-corrected chi connectivity index (χ2v) is 6.12. The van der Waals surface area contributed by atoms with Gasteiger partial charge in [0.25, 0.3) is 0 Å². The van der Waals surface area contributed by atoms with Gasteiger partial charge in [0.05, 0.1) is 0 Å². The van der Waals surface area contributed by atoms with E-state index in [1.165, 1.54) is 10.9 Å². The molecule has 0 unspecified atom stereocenters. The number of hydrogen-bond acceptors (Lipinski definition) is 3. The van der Waals surface area contributed by atoms with Crippen LogP contribution in [0, 0.1) is 0 Å². The number of allylic oxidation sites excluding steroid dienone is 1. The first-order valence-corrected chi connectivity index (χ1v) is 7.37. The fourth-order valence-electron chi connectivity index (χ4n) is 2.06. The van der Waals surface area contributed by atoms with Crippen molar-refractivity contribution in [2.24, 2.45) is 0 Å². The molecule has 0 amide bonds. The molecule has 112 valence electrons. The van der Waals surface area contributed by atoms with Crippen molar-refractivity contribution in [2.45, 2.75) is 39.8 Å². The summed E-state index contributed by atoms with van der Waals surface area (Å²) in [5.41, 5.74) is 1.28. The Morgan fingerprint density at radius 2 is 1.90 bits per heavy atom. The summed E-state index contributed by atoms with van der Waals surface area (Å²) in [6.45, 7) is 9.82. The highest BCUT2D eigenvalue weighted by Gasteiger charge is 2.12. The van der Waals surface area contributed by atoms with Crippen molar-refractivity contribution in [2.75, 3.05) is 6.61 Å². The molecule has 0 radical (unpaired) electrons. The van der Waals surface area contributed by atoms with E-state index in [0.29, 0.717) is 12.5 Å². The van der Waals surface area contributed by atoms with Crippen molar-refractivity contribution < 1.29 is 4.74 Å². The van der Waals surface area contributed by atoms with E-state index in [1.54, 1.807) is 0 Å². The molecule has 0 aliphatic heterocycles. The van der Waals surface area contributed by atoms with E-state index in [2.05, 4.69) is 49.3 Å². The van der Waals surface area contributed by atoms with Crippen LogP contribution in [0.15, 0.2) is 42.6 Å². The number of nitrogens with zero attached hydrogens (tertiary/aromatic N) is 1. The summed E-state index contributed by atoms with van der Waals surface area (Å²) in [4.78, 5) is 4.48. The number of pyridine rings is 1. The predicted molar refractivity (Wildman–Crippen MR) is 88.6 cm³/mol. The number of hydrogen-bond donors (Lipinski definition) is 1. The summed E-state index contributed by atoms with van der Waals surface area (Å²) in [5, 5.41) is 5.77. The van der Waals surface area contributed by atoms with Crippen LogP contribution in [0.5, 0.6) is 5.88 Å². The van der Waals surface area contributed by atoms with E-state index in [0.717, 1.165) is 11.9 Å². The van der Waals surface area contributed by atoms with Gasteiger partial charge in [-0.25, -0.2) is 4.98 Å². The number of nitrogens with one attached hydrogen (secondary N) is 1. The average molecular weight is 284 g/mol. The highest BCUT2D eigenvalue weighted by atomic mass is 16.5. The van der Waals surface area contributed by atoms with Crippen LogP contribution in [-0.2, 0) is 6.54 Å². The monoisotopic (exact) mass is 284 g/mol. The third-order valence-electron chi connectivity index (χ3n) is 3.20. The van der Waals surface area contributed by atoms with Gasteiger partial charge < -0.3 is 10.1 Å². The van der Waals surface area contributed by atoms with Crippen LogP contribution in [0.25, 0.3) is 10.8 Å². The van der Waals surface area contributed by atoms with E-state index in [9.17, 15) is 0 Å². The van der Waals surface area contributed by atoms with Gasteiger partial charge in [-0.2, -0.15) is 0 Å². The van der Waals surface area contributed by atoms with Crippen molar-refractivity contribution in [1.29, 1.82) is 0 Å². The minimum atomic E-state index is 0.0855. The van der Waals surface area contributed by atoms with Crippen molar-refractivity contribution >= 4 is 10.8 Å². The summed E-state index contributed by atoms with van der Waals surface area (Å²) in [7, 11) is 0. The van der Waals surface area contributed by atoms with Gasteiger partial charge in [0, 0.05) is 23.7 Å². The summed E-state index contributed by atoms with van der Waals surface area (Å²) in [6.07, 6.45) is 5.86. The lowest BCUT2D eigenvalue weighted by molar-refractivity contribution is 0.352. The first-order chi connectivity index (χ1) is 10.0. The lowest BCUT2D eigenvalue weighted by Crippen LogP contribution is -2.35. The fourth-order valence-corrected chi connectivity index (χ4v) is 2.06. The zero-order valence-corrected chi connectivity index (χ0v) is 13.3. The van der Waals surface area contributed by atoms with Crippen molar-refractivity contribution in [1.82, 2.24) is 10.3 Å². The smallest absolute Gasteiger partial charge is 0.221 e. The first kappa shape index (κ1) is 15.5. The number of aromatic nitrogens is 1. The maximum Gasteiger partial charge on any atom is 0.221 e. The van der Waals surface area contributed by atoms with Gasteiger partial charge in [-0.05, 0) is 44.7 Å².